The summed E-state index contributed by atoms with van der Waals surface area (Å²) in [7, 11) is 2.30. The Labute approximate surface area is 141 Å². The molecule has 22 heavy (non-hydrogen) atoms. The zero-order valence-corrected chi connectivity index (χ0v) is 14.8. The van der Waals surface area contributed by atoms with Crippen molar-refractivity contribution < 1.29 is 21.7 Å². The summed E-state index contributed by atoms with van der Waals surface area (Å²) in [5.74, 6) is -0.435. The lowest BCUT2D eigenvalue weighted by Gasteiger charge is -2.33. The summed E-state index contributed by atoms with van der Waals surface area (Å²) < 4.78 is 1.06. The van der Waals surface area contributed by atoms with Gasteiger partial charge in [0.2, 0.25) is 5.91 Å². The maximum atomic E-state index is 9.82. The SMILES string of the molecule is C=C(C)C(N)=O.C=CC[N+](C)(CCC)Cc1ccccc1.[Cl-]. The molecule has 0 radical (unpaired) electrons. The first-order valence-corrected chi connectivity index (χ1v) is 7.28. The molecule has 1 amide bonds. The molecule has 0 saturated heterocycles. The number of primary amides is 1. The van der Waals surface area contributed by atoms with E-state index in [4.69, 9.17) is 5.73 Å². The Hall–Kier alpha value is -1.58. The zero-order chi connectivity index (χ0) is 16.3. The predicted molar refractivity (Wildman–Crippen MR) is 90.6 cm³/mol. The van der Waals surface area contributed by atoms with Gasteiger partial charge in [-0.05, 0) is 19.4 Å². The van der Waals surface area contributed by atoms with Gasteiger partial charge in [-0.25, -0.2) is 0 Å². The van der Waals surface area contributed by atoms with Crippen LogP contribution in [0.1, 0.15) is 25.8 Å². The highest BCUT2D eigenvalue weighted by Crippen LogP contribution is 2.12. The summed E-state index contributed by atoms with van der Waals surface area (Å²) in [6, 6.07) is 10.7. The number of quaternary nitrogens is 1. The molecule has 0 fully saturated rings. The van der Waals surface area contributed by atoms with Crippen molar-refractivity contribution >= 4 is 5.91 Å². The normalized spacial score (nSPS) is 12.0. The standard InChI is InChI=1S/C14H22N.C4H7NO.ClH/c1-4-11-15(3,12-5-2)13-14-9-7-6-8-10-14;1-3(2)4(5)6;/h4,6-10H,1,5,11-13H2,2-3H3;1H2,2H3,(H2,5,6);1H/q+1;;/p-1. The first-order chi connectivity index (χ1) is 9.84. The maximum absolute atomic E-state index is 9.82. The number of likely N-dealkylation sites (N-methyl/N-ethyl adjacent to an activating group) is 1. The molecule has 0 aliphatic carbocycles. The number of carbonyl (C=O) groups excluding carboxylic acids is 1. The molecule has 124 valence electrons. The molecule has 0 heterocycles. The summed E-state index contributed by atoms with van der Waals surface area (Å²) in [5, 5.41) is 0. The summed E-state index contributed by atoms with van der Waals surface area (Å²) in [6.45, 7) is 14.3. The fraction of sp³-hybridized carbons (Fsp3) is 0.389. The van der Waals surface area contributed by atoms with Crippen molar-refractivity contribution in [2.24, 2.45) is 5.73 Å². The van der Waals surface area contributed by atoms with E-state index in [1.165, 1.54) is 18.5 Å². The van der Waals surface area contributed by atoms with Gasteiger partial charge < -0.3 is 22.6 Å². The van der Waals surface area contributed by atoms with Crippen molar-refractivity contribution in [3.8, 4) is 0 Å². The largest absolute Gasteiger partial charge is 1.00 e. The highest BCUT2D eigenvalue weighted by molar-refractivity contribution is 5.90. The van der Waals surface area contributed by atoms with Crippen LogP contribution in [0.5, 0.6) is 0 Å². The number of nitrogens with two attached hydrogens (primary N) is 1. The van der Waals surface area contributed by atoms with Crippen LogP contribution in [0.15, 0.2) is 55.1 Å². The highest BCUT2D eigenvalue weighted by atomic mass is 35.5. The van der Waals surface area contributed by atoms with E-state index in [1.807, 2.05) is 6.08 Å². The smallest absolute Gasteiger partial charge is 0.243 e. The number of hydrogen-bond acceptors (Lipinski definition) is 1. The van der Waals surface area contributed by atoms with E-state index in [0.717, 1.165) is 17.6 Å². The molecule has 3 nitrogen and oxygen atoms in total. The number of benzene rings is 1. The van der Waals surface area contributed by atoms with Gasteiger partial charge in [-0.2, -0.15) is 0 Å². The number of amides is 1. The van der Waals surface area contributed by atoms with Crippen molar-refractivity contribution in [1.82, 2.24) is 0 Å². The van der Waals surface area contributed by atoms with E-state index in [9.17, 15) is 4.79 Å². The van der Waals surface area contributed by atoms with Crippen LogP contribution in [-0.2, 0) is 11.3 Å². The number of nitrogens with zero attached hydrogens (tertiary/aromatic N) is 1. The maximum Gasteiger partial charge on any atom is 0.243 e. The number of hydrogen-bond donors (Lipinski definition) is 1. The van der Waals surface area contributed by atoms with Crippen LogP contribution in [0.2, 0.25) is 0 Å². The lowest BCUT2D eigenvalue weighted by Crippen LogP contribution is -3.00. The Kier molecular flexibility index (Phi) is 12.4. The summed E-state index contributed by atoms with van der Waals surface area (Å²) in [4.78, 5) is 9.82. The molecule has 0 saturated carbocycles. The van der Waals surface area contributed by atoms with Crippen molar-refractivity contribution in [2.75, 3.05) is 20.1 Å². The minimum Gasteiger partial charge on any atom is -1.00 e. The fourth-order valence-electron chi connectivity index (χ4n) is 2.11. The quantitative estimate of drug-likeness (QED) is 0.437. The van der Waals surface area contributed by atoms with Gasteiger partial charge in [0.25, 0.3) is 0 Å². The van der Waals surface area contributed by atoms with Gasteiger partial charge in [-0.1, -0.05) is 50.4 Å². The van der Waals surface area contributed by atoms with Gasteiger partial charge in [-0.15, -0.1) is 0 Å². The van der Waals surface area contributed by atoms with Crippen LogP contribution in [0, 0.1) is 0 Å². The zero-order valence-electron chi connectivity index (χ0n) is 14.0. The molecule has 1 aromatic carbocycles. The van der Waals surface area contributed by atoms with Crippen LogP contribution in [-0.4, -0.2) is 30.5 Å². The summed E-state index contributed by atoms with van der Waals surface area (Å²) >= 11 is 0. The van der Waals surface area contributed by atoms with Crippen molar-refractivity contribution in [2.45, 2.75) is 26.8 Å². The molecule has 1 aromatic rings. The molecule has 1 rings (SSSR count). The van der Waals surface area contributed by atoms with E-state index in [-0.39, 0.29) is 12.4 Å². The van der Waals surface area contributed by atoms with Crippen LogP contribution in [0.25, 0.3) is 0 Å². The molecule has 0 aliphatic rings. The van der Waals surface area contributed by atoms with Gasteiger partial charge >= 0.3 is 0 Å². The Bertz CT molecular complexity index is 447. The number of halogens is 1. The Balaban J connectivity index is 0. The minimum atomic E-state index is -0.435. The minimum absolute atomic E-state index is 0. The second kappa shape index (κ2) is 12.0. The van der Waals surface area contributed by atoms with Gasteiger partial charge in [0.05, 0.1) is 20.1 Å². The lowest BCUT2D eigenvalue weighted by molar-refractivity contribution is -0.917. The molecule has 4 heteroatoms. The van der Waals surface area contributed by atoms with E-state index >= 15 is 0 Å². The van der Waals surface area contributed by atoms with E-state index < -0.39 is 5.91 Å². The van der Waals surface area contributed by atoms with Crippen LogP contribution < -0.4 is 18.1 Å². The topological polar surface area (TPSA) is 43.1 Å². The molecule has 0 spiro atoms. The molecule has 0 aliphatic heterocycles. The van der Waals surface area contributed by atoms with Crippen LogP contribution in [0.3, 0.4) is 0 Å². The Morgan fingerprint density at radius 2 is 1.82 bits per heavy atom. The first kappa shape index (κ1) is 22.7. The molecule has 0 aromatic heterocycles. The van der Waals surface area contributed by atoms with E-state index in [2.05, 4.69) is 57.5 Å². The van der Waals surface area contributed by atoms with Crippen molar-refractivity contribution in [3.63, 3.8) is 0 Å². The molecule has 0 bridgehead atoms. The second-order valence-electron chi connectivity index (χ2n) is 5.60. The third-order valence-electron chi connectivity index (χ3n) is 3.16. The Morgan fingerprint density at radius 1 is 1.32 bits per heavy atom. The van der Waals surface area contributed by atoms with Gasteiger partial charge in [0, 0.05) is 11.1 Å². The van der Waals surface area contributed by atoms with Crippen LogP contribution in [0.4, 0.5) is 0 Å². The Morgan fingerprint density at radius 3 is 2.18 bits per heavy atom. The average Bonchev–Trinajstić information content (AvgIpc) is 2.40. The van der Waals surface area contributed by atoms with Gasteiger partial charge in [-0.3, -0.25) is 4.79 Å². The number of carbonyl (C=O) groups is 1. The lowest BCUT2D eigenvalue weighted by atomic mass is 10.2. The van der Waals surface area contributed by atoms with E-state index in [0.29, 0.717) is 5.57 Å². The van der Waals surface area contributed by atoms with E-state index in [1.54, 1.807) is 6.92 Å². The average molecular weight is 325 g/mol. The third-order valence-corrected chi connectivity index (χ3v) is 3.16. The molecular weight excluding hydrogens is 296 g/mol. The van der Waals surface area contributed by atoms with Crippen LogP contribution >= 0.6 is 0 Å². The summed E-state index contributed by atoms with van der Waals surface area (Å²) in [5.41, 5.74) is 6.51. The molecule has 1 unspecified atom stereocenters. The monoisotopic (exact) mass is 324 g/mol. The summed E-state index contributed by atoms with van der Waals surface area (Å²) in [6.07, 6.45) is 3.25. The number of rotatable bonds is 7. The second-order valence-corrected chi connectivity index (χ2v) is 5.60. The fourth-order valence-corrected chi connectivity index (χ4v) is 2.11. The first-order valence-electron chi connectivity index (χ1n) is 7.28. The molecular formula is C18H29ClN2O. The van der Waals surface area contributed by atoms with Crippen molar-refractivity contribution in [3.05, 3.63) is 60.7 Å². The van der Waals surface area contributed by atoms with Gasteiger partial charge in [0.1, 0.15) is 6.54 Å². The van der Waals surface area contributed by atoms with Crippen molar-refractivity contribution in [1.29, 1.82) is 0 Å². The molecule has 1 atom stereocenters. The molecule has 2 N–H and O–H groups in total. The predicted octanol–water partition coefficient (Wildman–Crippen LogP) is 0.281. The van der Waals surface area contributed by atoms with Gasteiger partial charge in [0.15, 0.2) is 0 Å². The third kappa shape index (κ3) is 10.2. The highest BCUT2D eigenvalue weighted by Gasteiger charge is 2.18.